The van der Waals surface area contributed by atoms with Gasteiger partial charge in [-0.3, -0.25) is 0 Å². The number of aromatic nitrogens is 2. The third kappa shape index (κ3) is 2.74. The van der Waals surface area contributed by atoms with Gasteiger partial charge in [0, 0.05) is 18.3 Å². The summed E-state index contributed by atoms with van der Waals surface area (Å²) < 4.78 is 0.689. The monoisotopic (exact) mass is 292 g/mol. The lowest BCUT2D eigenvalue weighted by atomic mass is 10.3. The van der Waals surface area contributed by atoms with Gasteiger partial charge in [-0.05, 0) is 35.0 Å². The van der Waals surface area contributed by atoms with Gasteiger partial charge in [0.15, 0.2) is 0 Å². The molecule has 2 rings (SSSR count). The lowest BCUT2D eigenvalue weighted by Gasteiger charge is -2.21. The number of anilines is 3. The van der Waals surface area contributed by atoms with Crippen molar-refractivity contribution in [3.05, 3.63) is 41.0 Å². The van der Waals surface area contributed by atoms with Gasteiger partial charge in [0.2, 0.25) is 5.95 Å². The Kier molecular flexibility index (Phi) is 3.58. The Hall–Kier alpha value is -1.62. The van der Waals surface area contributed by atoms with Crippen LogP contribution in [0.15, 0.2) is 41.0 Å². The average molecular weight is 293 g/mol. The van der Waals surface area contributed by atoms with E-state index in [-0.39, 0.29) is 0 Å². The number of benzene rings is 1. The summed E-state index contributed by atoms with van der Waals surface area (Å²) in [5.74, 6) is 1.06. The van der Waals surface area contributed by atoms with Crippen LogP contribution in [0.1, 0.15) is 6.92 Å². The minimum atomic E-state index is 0.455. The third-order valence-corrected chi connectivity index (χ3v) is 2.73. The second kappa shape index (κ2) is 5.14. The zero-order valence-electron chi connectivity index (χ0n) is 9.47. The Morgan fingerprint density at radius 3 is 2.53 bits per heavy atom. The first-order chi connectivity index (χ1) is 8.20. The Bertz CT molecular complexity index is 481. The maximum atomic E-state index is 5.72. The zero-order chi connectivity index (χ0) is 12.3. The Morgan fingerprint density at radius 2 is 1.94 bits per heavy atom. The summed E-state index contributed by atoms with van der Waals surface area (Å²) in [7, 11) is 0. The number of halogens is 1. The van der Waals surface area contributed by atoms with Crippen molar-refractivity contribution < 1.29 is 0 Å². The number of nitrogens with two attached hydrogens (primary N) is 1. The largest absolute Gasteiger partial charge is 0.383 e. The molecule has 0 saturated heterocycles. The molecular formula is C12H13BrN4. The molecule has 0 amide bonds. The number of nitrogens with zero attached hydrogens (tertiary/aromatic N) is 3. The molecule has 4 nitrogen and oxygen atoms in total. The van der Waals surface area contributed by atoms with Crippen molar-refractivity contribution in [2.75, 3.05) is 17.2 Å². The van der Waals surface area contributed by atoms with Crippen LogP contribution in [-0.2, 0) is 0 Å². The SMILES string of the molecule is CCN(c1ccccc1)c1nc(N)cc(Br)n1. The van der Waals surface area contributed by atoms with Gasteiger partial charge in [0.05, 0.1) is 0 Å². The highest BCUT2D eigenvalue weighted by Gasteiger charge is 2.11. The number of hydrogen-bond donors (Lipinski definition) is 1. The highest BCUT2D eigenvalue weighted by molar-refractivity contribution is 9.10. The van der Waals surface area contributed by atoms with Crippen LogP contribution >= 0.6 is 15.9 Å². The van der Waals surface area contributed by atoms with Crippen LogP contribution in [0.3, 0.4) is 0 Å². The molecule has 0 aliphatic carbocycles. The topological polar surface area (TPSA) is 55.0 Å². The summed E-state index contributed by atoms with van der Waals surface area (Å²) in [5, 5.41) is 0. The molecule has 0 fully saturated rings. The van der Waals surface area contributed by atoms with Gasteiger partial charge in [0.1, 0.15) is 10.4 Å². The smallest absolute Gasteiger partial charge is 0.232 e. The number of rotatable bonds is 3. The second-order valence-electron chi connectivity index (χ2n) is 3.50. The van der Waals surface area contributed by atoms with E-state index in [1.165, 1.54) is 0 Å². The van der Waals surface area contributed by atoms with E-state index in [1.54, 1.807) is 6.07 Å². The molecule has 0 saturated carbocycles. The van der Waals surface area contributed by atoms with Gasteiger partial charge in [-0.1, -0.05) is 18.2 Å². The van der Waals surface area contributed by atoms with Crippen LogP contribution in [0.4, 0.5) is 17.5 Å². The zero-order valence-corrected chi connectivity index (χ0v) is 11.1. The van der Waals surface area contributed by atoms with Crippen molar-refractivity contribution >= 4 is 33.4 Å². The van der Waals surface area contributed by atoms with Gasteiger partial charge in [0.25, 0.3) is 0 Å². The maximum Gasteiger partial charge on any atom is 0.232 e. The Balaban J connectivity index is 2.42. The van der Waals surface area contributed by atoms with Gasteiger partial charge < -0.3 is 10.6 Å². The second-order valence-corrected chi connectivity index (χ2v) is 4.31. The molecule has 0 atom stereocenters. The third-order valence-electron chi connectivity index (χ3n) is 2.33. The maximum absolute atomic E-state index is 5.72. The molecule has 1 aromatic heterocycles. The van der Waals surface area contributed by atoms with Crippen LogP contribution in [-0.4, -0.2) is 16.5 Å². The fourth-order valence-electron chi connectivity index (χ4n) is 1.59. The van der Waals surface area contributed by atoms with Crippen molar-refractivity contribution in [1.82, 2.24) is 9.97 Å². The van der Waals surface area contributed by atoms with Gasteiger partial charge in [-0.2, -0.15) is 4.98 Å². The van der Waals surface area contributed by atoms with Crippen LogP contribution in [0.5, 0.6) is 0 Å². The molecule has 1 aromatic carbocycles. The lowest BCUT2D eigenvalue weighted by Crippen LogP contribution is -2.19. The molecule has 88 valence electrons. The van der Waals surface area contributed by atoms with Crippen LogP contribution < -0.4 is 10.6 Å². The van der Waals surface area contributed by atoms with Crippen molar-refractivity contribution in [3.63, 3.8) is 0 Å². The summed E-state index contributed by atoms with van der Waals surface area (Å²) in [6, 6.07) is 11.7. The molecule has 0 unspecified atom stereocenters. The summed E-state index contributed by atoms with van der Waals surface area (Å²) in [6.07, 6.45) is 0. The van der Waals surface area contributed by atoms with Crippen molar-refractivity contribution in [2.24, 2.45) is 0 Å². The van der Waals surface area contributed by atoms with Gasteiger partial charge >= 0.3 is 0 Å². The number of nitrogen functional groups attached to an aromatic ring is 1. The van der Waals surface area contributed by atoms with E-state index in [0.29, 0.717) is 16.4 Å². The molecule has 0 bridgehead atoms. The highest BCUT2D eigenvalue weighted by atomic mass is 79.9. The fraction of sp³-hybridized carbons (Fsp3) is 0.167. The van der Waals surface area contributed by atoms with E-state index in [9.17, 15) is 0 Å². The van der Waals surface area contributed by atoms with Crippen LogP contribution in [0.2, 0.25) is 0 Å². The van der Waals surface area contributed by atoms with E-state index in [4.69, 9.17) is 5.73 Å². The minimum absolute atomic E-state index is 0.455. The summed E-state index contributed by atoms with van der Waals surface area (Å²) in [5.41, 5.74) is 6.77. The quantitative estimate of drug-likeness (QED) is 0.884. The molecule has 1 heterocycles. The molecule has 5 heteroatoms. The minimum Gasteiger partial charge on any atom is -0.383 e. The lowest BCUT2D eigenvalue weighted by molar-refractivity contribution is 0.943. The van der Waals surface area contributed by atoms with Crippen LogP contribution in [0.25, 0.3) is 0 Å². The predicted octanol–water partition coefficient (Wildman–Crippen LogP) is 2.98. The van der Waals surface area contributed by atoms with Crippen LogP contribution in [0, 0.1) is 0 Å². The fourth-order valence-corrected chi connectivity index (χ4v) is 1.98. The van der Waals surface area contributed by atoms with E-state index in [2.05, 4.69) is 25.9 Å². The summed E-state index contributed by atoms with van der Waals surface area (Å²) in [6.45, 7) is 2.83. The van der Waals surface area contributed by atoms with E-state index >= 15 is 0 Å². The van der Waals surface area contributed by atoms with Crippen molar-refractivity contribution in [3.8, 4) is 0 Å². The Morgan fingerprint density at radius 1 is 1.24 bits per heavy atom. The molecule has 17 heavy (non-hydrogen) atoms. The molecular weight excluding hydrogens is 280 g/mol. The summed E-state index contributed by atoms with van der Waals surface area (Å²) in [4.78, 5) is 10.6. The normalized spacial score (nSPS) is 10.2. The summed E-state index contributed by atoms with van der Waals surface area (Å²) >= 11 is 3.33. The van der Waals surface area contributed by atoms with Crippen molar-refractivity contribution in [1.29, 1.82) is 0 Å². The molecule has 0 aliphatic heterocycles. The standard InChI is InChI=1S/C12H13BrN4/c1-2-17(9-6-4-3-5-7-9)12-15-10(13)8-11(14)16-12/h3-8H,2H2,1H3,(H2,14,15,16). The first-order valence-corrected chi connectivity index (χ1v) is 6.12. The van der Waals surface area contributed by atoms with E-state index < -0.39 is 0 Å². The molecule has 0 aliphatic rings. The molecule has 2 aromatic rings. The van der Waals surface area contributed by atoms with Crippen molar-refractivity contribution in [2.45, 2.75) is 6.92 Å². The molecule has 0 spiro atoms. The molecule has 2 N–H and O–H groups in total. The van der Waals surface area contributed by atoms with E-state index in [1.807, 2.05) is 42.2 Å². The first kappa shape index (κ1) is 11.9. The average Bonchev–Trinajstić information content (AvgIpc) is 2.30. The number of hydrogen-bond acceptors (Lipinski definition) is 4. The highest BCUT2D eigenvalue weighted by Crippen LogP contribution is 2.23. The molecule has 0 radical (unpaired) electrons. The number of para-hydroxylation sites is 1. The predicted molar refractivity (Wildman–Crippen MR) is 73.3 cm³/mol. The van der Waals surface area contributed by atoms with E-state index in [0.717, 1.165) is 12.2 Å². The Labute approximate surface area is 109 Å². The first-order valence-electron chi connectivity index (χ1n) is 5.33. The van der Waals surface area contributed by atoms with Gasteiger partial charge in [-0.15, -0.1) is 0 Å². The van der Waals surface area contributed by atoms with Gasteiger partial charge in [-0.25, -0.2) is 4.98 Å².